The van der Waals surface area contributed by atoms with Gasteiger partial charge in [-0.15, -0.1) is 11.6 Å². The summed E-state index contributed by atoms with van der Waals surface area (Å²) in [5.41, 5.74) is 0.472. The van der Waals surface area contributed by atoms with Gasteiger partial charge in [-0.3, -0.25) is 4.90 Å². The van der Waals surface area contributed by atoms with Gasteiger partial charge in [-0.2, -0.15) is 0 Å². The lowest BCUT2D eigenvalue weighted by Gasteiger charge is -2.35. The molecular weight excluding hydrogens is 194 g/mol. The van der Waals surface area contributed by atoms with Crippen molar-refractivity contribution in [1.82, 2.24) is 4.90 Å². The predicted octanol–water partition coefficient (Wildman–Crippen LogP) is 3.27. The normalized spacial score (nSPS) is 43.5. The van der Waals surface area contributed by atoms with Crippen molar-refractivity contribution in [3.05, 3.63) is 0 Å². The van der Waals surface area contributed by atoms with Gasteiger partial charge in [0.15, 0.2) is 0 Å². The van der Waals surface area contributed by atoms with Crippen LogP contribution in [-0.2, 0) is 0 Å². The van der Waals surface area contributed by atoms with Crippen LogP contribution in [0.5, 0.6) is 0 Å². The van der Waals surface area contributed by atoms with E-state index in [4.69, 9.17) is 11.6 Å². The summed E-state index contributed by atoms with van der Waals surface area (Å²) in [6.07, 6.45) is 5.30. The Kier molecular flexibility index (Phi) is 2.83. The van der Waals surface area contributed by atoms with E-state index in [0.717, 1.165) is 18.5 Å². The first kappa shape index (κ1) is 10.8. The predicted molar refractivity (Wildman–Crippen MR) is 61.8 cm³/mol. The Morgan fingerprint density at radius 3 is 2.86 bits per heavy atom. The summed E-state index contributed by atoms with van der Waals surface area (Å²) in [5.74, 6) is 0.796. The summed E-state index contributed by atoms with van der Waals surface area (Å²) in [4.78, 5) is 2.69. The molecule has 2 heteroatoms. The summed E-state index contributed by atoms with van der Waals surface area (Å²) < 4.78 is 0. The molecule has 2 heterocycles. The van der Waals surface area contributed by atoms with E-state index < -0.39 is 0 Å². The molecule has 2 fully saturated rings. The topological polar surface area (TPSA) is 3.24 Å². The van der Waals surface area contributed by atoms with Crippen molar-refractivity contribution in [2.45, 2.75) is 63.4 Å². The van der Waals surface area contributed by atoms with E-state index in [-0.39, 0.29) is 0 Å². The average molecular weight is 216 g/mol. The van der Waals surface area contributed by atoms with Crippen molar-refractivity contribution in [2.75, 3.05) is 6.54 Å². The second kappa shape index (κ2) is 3.68. The fourth-order valence-corrected chi connectivity index (χ4v) is 4.03. The first-order valence-electron chi connectivity index (χ1n) is 5.94. The molecule has 0 N–H and O–H groups in total. The van der Waals surface area contributed by atoms with E-state index in [9.17, 15) is 0 Å². The smallest absolute Gasteiger partial charge is 0.0481 e. The molecule has 0 aromatic heterocycles. The highest BCUT2D eigenvalue weighted by Crippen LogP contribution is 2.47. The summed E-state index contributed by atoms with van der Waals surface area (Å²) in [5, 5.41) is 0.400. The quantitative estimate of drug-likeness (QED) is 0.640. The van der Waals surface area contributed by atoms with Crippen molar-refractivity contribution in [3.8, 4) is 0 Å². The molecule has 2 saturated heterocycles. The van der Waals surface area contributed by atoms with Gasteiger partial charge < -0.3 is 0 Å². The zero-order chi connectivity index (χ0) is 10.3. The number of rotatable bonds is 2. The minimum atomic E-state index is 0.400. The van der Waals surface area contributed by atoms with Crippen molar-refractivity contribution < 1.29 is 0 Å². The maximum atomic E-state index is 6.31. The van der Waals surface area contributed by atoms with Crippen LogP contribution in [0.15, 0.2) is 0 Å². The van der Waals surface area contributed by atoms with E-state index in [1.165, 1.54) is 25.7 Å². The van der Waals surface area contributed by atoms with Crippen LogP contribution in [0.25, 0.3) is 0 Å². The molecule has 2 aliphatic rings. The molecule has 0 aromatic rings. The van der Waals surface area contributed by atoms with E-state index >= 15 is 0 Å². The van der Waals surface area contributed by atoms with Crippen LogP contribution in [0, 0.1) is 5.92 Å². The van der Waals surface area contributed by atoms with Crippen LogP contribution in [0.4, 0.5) is 0 Å². The Morgan fingerprint density at radius 2 is 2.21 bits per heavy atom. The summed E-state index contributed by atoms with van der Waals surface area (Å²) in [7, 11) is 0. The zero-order valence-corrected chi connectivity index (χ0v) is 10.3. The van der Waals surface area contributed by atoms with Crippen molar-refractivity contribution in [3.63, 3.8) is 0 Å². The van der Waals surface area contributed by atoms with Crippen molar-refractivity contribution >= 4 is 11.6 Å². The monoisotopic (exact) mass is 215 g/mol. The molecule has 0 saturated carbocycles. The highest BCUT2D eigenvalue weighted by atomic mass is 35.5. The van der Waals surface area contributed by atoms with Gasteiger partial charge in [-0.25, -0.2) is 0 Å². The third-order valence-corrected chi connectivity index (χ3v) is 4.25. The van der Waals surface area contributed by atoms with Crippen LogP contribution in [0.1, 0.15) is 46.5 Å². The first-order chi connectivity index (χ1) is 6.53. The molecule has 0 radical (unpaired) electrons. The summed E-state index contributed by atoms with van der Waals surface area (Å²) >= 11 is 6.31. The van der Waals surface area contributed by atoms with Gasteiger partial charge in [0.1, 0.15) is 0 Å². The Bertz CT molecular complexity index is 216. The highest BCUT2D eigenvalue weighted by Gasteiger charge is 2.50. The van der Waals surface area contributed by atoms with E-state index in [1.807, 2.05) is 0 Å². The number of halogens is 1. The maximum absolute atomic E-state index is 6.31. The van der Waals surface area contributed by atoms with Gasteiger partial charge in [-0.05, 0) is 38.5 Å². The number of fused-ring (bicyclic) bond motifs is 1. The first-order valence-corrected chi connectivity index (χ1v) is 6.38. The lowest BCUT2D eigenvalue weighted by atomic mass is 9.85. The molecule has 82 valence electrons. The molecule has 0 amide bonds. The number of alkyl halides is 1. The Balaban J connectivity index is 2.14. The van der Waals surface area contributed by atoms with Crippen molar-refractivity contribution in [1.29, 1.82) is 0 Å². The summed E-state index contributed by atoms with van der Waals surface area (Å²) in [6.45, 7) is 8.14. The average Bonchev–Trinajstić information content (AvgIpc) is 2.49. The molecule has 0 aromatic carbocycles. The molecule has 3 atom stereocenters. The molecule has 0 spiro atoms. The van der Waals surface area contributed by atoms with Gasteiger partial charge in [0, 0.05) is 23.5 Å². The molecular formula is C12H22ClN. The van der Waals surface area contributed by atoms with E-state index in [0.29, 0.717) is 10.9 Å². The minimum absolute atomic E-state index is 0.400. The van der Waals surface area contributed by atoms with Crippen molar-refractivity contribution in [2.24, 2.45) is 5.92 Å². The highest BCUT2D eigenvalue weighted by molar-refractivity contribution is 6.21. The molecule has 2 aliphatic heterocycles. The fraction of sp³-hybridized carbons (Fsp3) is 1.00. The van der Waals surface area contributed by atoms with Gasteiger partial charge in [0.2, 0.25) is 0 Å². The van der Waals surface area contributed by atoms with Crippen LogP contribution >= 0.6 is 11.6 Å². The third-order valence-electron chi connectivity index (χ3n) is 3.95. The number of nitrogens with zero attached hydrogens (tertiary/aromatic N) is 1. The lowest BCUT2D eigenvalue weighted by Crippen LogP contribution is -2.42. The van der Waals surface area contributed by atoms with E-state index in [2.05, 4.69) is 25.7 Å². The number of hydrogen-bond acceptors (Lipinski definition) is 1. The van der Waals surface area contributed by atoms with Crippen LogP contribution in [0.3, 0.4) is 0 Å². The standard InChI is InChI=1S/C12H22ClN/c1-9(2)6-12-5-4-10(3)14(12)8-11(13)7-12/h9-11H,4-8H2,1-3H3/t10-,11+,12-/m1/s1. The van der Waals surface area contributed by atoms with E-state index in [1.54, 1.807) is 0 Å². The summed E-state index contributed by atoms with van der Waals surface area (Å²) in [6, 6.07) is 0.762. The largest absolute Gasteiger partial charge is 0.293 e. The van der Waals surface area contributed by atoms with Crippen LogP contribution < -0.4 is 0 Å². The minimum Gasteiger partial charge on any atom is -0.293 e. The molecule has 14 heavy (non-hydrogen) atoms. The Hall–Kier alpha value is 0.250. The molecule has 1 nitrogen and oxygen atoms in total. The molecule has 2 rings (SSSR count). The second-order valence-corrected chi connectivity index (χ2v) is 6.28. The fourth-order valence-electron chi connectivity index (χ4n) is 3.59. The Labute approximate surface area is 92.8 Å². The zero-order valence-electron chi connectivity index (χ0n) is 9.59. The molecule has 0 bridgehead atoms. The second-order valence-electron chi connectivity index (χ2n) is 5.66. The lowest BCUT2D eigenvalue weighted by molar-refractivity contribution is 0.133. The van der Waals surface area contributed by atoms with Crippen LogP contribution in [-0.4, -0.2) is 28.4 Å². The van der Waals surface area contributed by atoms with Gasteiger partial charge >= 0.3 is 0 Å². The van der Waals surface area contributed by atoms with Gasteiger partial charge in [0.05, 0.1) is 0 Å². The molecule has 0 unspecified atom stereocenters. The number of hydrogen-bond donors (Lipinski definition) is 0. The maximum Gasteiger partial charge on any atom is 0.0481 e. The third kappa shape index (κ3) is 1.69. The SMILES string of the molecule is CC(C)C[C@@]12CC[C@@H](C)N1C[C@@H](Cl)C2. The van der Waals surface area contributed by atoms with Gasteiger partial charge in [-0.1, -0.05) is 13.8 Å². The van der Waals surface area contributed by atoms with Crippen LogP contribution in [0.2, 0.25) is 0 Å². The van der Waals surface area contributed by atoms with Gasteiger partial charge in [0.25, 0.3) is 0 Å². The molecule has 0 aliphatic carbocycles. The Morgan fingerprint density at radius 1 is 1.50 bits per heavy atom.